The monoisotopic (exact) mass is 938 g/mol. The van der Waals surface area contributed by atoms with Gasteiger partial charge in [0.25, 0.3) is 13.9 Å². The number of thiazole rings is 1. The maximum Gasteiger partial charge on any atom is 0.506 e. The van der Waals surface area contributed by atoms with Crippen LogP contribution in [-0.2, 0) is 19.4 Å². The van der Waals surface area contributed by atoms with Crippen LogP contribution in [0, 0.1) is 11.8 Å². The number of rotatable bonds is 16. The summed E-state index contributed by atoms with van der Waals surface area (Å²) in [5.74, 6) is -0.0956. The molecule has 1 fully saturated rings. The number of benzene rings is 5. The lowest BCUT2D eigenvalue weighted by atomic mass is 9.77. The molecule has 0 spiro atoms. The fourth-order valence-corrected chi connectivity index (χ4v) is 15.6. The number of aromatic amines is 1. The number of carbonyl (C=O) groups is 1. The molecule has 8 rings (SSSR count). The quantitative estimate of drug-likeness (QED) is 0.0485. The van der Waals surface area contributed by atoms with Crippen LogP contribution >= 0.6 is 11.3 Å². The molecule has 1 unspecified atom stereocenters. The predicted octanol–water partition coefficient (Wildman–Crippen LogP) is 9.54. The molecule has 348 valence electrons. The fourth-order valence-electron chi connectivity index (χ4n) is 9.96. The largest absolute Gasteiger partial charge is 0.506 e. The van der Waals surface area contributed by atoms with E-state index < -0.39 is 66.8 Å². The maximum absolute atomic E-state index is 14.5. The molecule has 12 nitrogen and oxygen atoms in total. The molecule has 7 aromatic rings. The Kier molecular flexibility index (Phi) is 13.7. The third-order valence-electron chi connectivity index (χ3n) is 13.4. The lowest BCUT2D eigenvalue weighted by molar-refractivity contribution is -0.0698. The second-order valence-corrected chi connectivity index (χ2v) is 23.5. The number of fused-ring (bicyclic) bond motifs is 1. The average Bonchev–Trinajstić information content (AvgIpc) is 3.92. The number of nitrogens with zero attached hydrogens (tertiary/aromatic N) is 2. The Bertz CT molecular complexity index is 2810. The third-order valence-corrected chi connectivity index (χ3v) is 19.4. The van der Waals surface area contributed by atoms with Crippen LogP contribution in [0.15, 0.2) is 155 Å². The zero-order valence-electron chi connectivity index (χ0n) is 38.8. The molecule has 0 saturated carbocycles. The topological polar surface area (TPSA) is 154 Å². The molecule has 0 aliphatic carbocycles. The van der Waals surface area contributed by atoms with Crippen molar-refractivity contribution in [2.24, 2.45) is 11.8 Å². The second kappa shape index (κ2) is 19.5. The van der Waals surface area contributed by atoms with E-state index in [4.69, 9.17) is 23.6 Å². The summed E-state index contributed by atoms with van der Waals surface area (Å²) < 4.78 is 27.4. The number of aromatic nitrogens is 3. The molecular formula is C53H58N4O8SSi. The molecule has 2 aromatic heterocycles. The van der Waals surface area contributed by atoms with Gasteiger partial charge in [0.1, 0.15) is 28.3 Å². The zero-order chi connectivity index (χ0) is 47.5. The van der Waals surface area contributed by atoms with Crippen molar-refractivity contribution >= 4 is 52.5 Å². The van der Waals surface area contributed by atoms with E-state index >= 15 is 0 Å². The van der Waals surface area contributed by atoms with Gasteiger partial charge in [-0.3, -0.25) is 19.1 Å². The van der Waals surface area contributed by atoms with E-state index in [1.54, 1.807) is 14.0 Å². The first-order valence-electron chi connectivity index (χ1n) is 22.7. The van der Waals surface area contributed by atoms with Gasteiger partial charge in [-0.05, 0) is 64.0 Å². The van der Waals surface area contributed by atoms with Crippen molar-refractivity contribution in [1.82, 2.24) is 14.5 Å². The molecule has 0 radical (unpaired) electrons. The average molecular weight is 939 g/mol. The molecule has 67 heavy (non-hydrogen) atoms. The summed E-state index contributed by atoms with van der Waals surface area (Å²) in [7, 11) is -1.47. The Balaban J connectivity index is 1.27. The smallest absolute Gasteiger partial charge is 0.497 e. The van der Waals surface area contributed by atoms with Crippen LogP contribution in [0.5, 0.6) is 5.75 Å². The highest BCUT2D eigenvalue weighted by Gasteiger charge is 2.54. The number of nitrogens with one attached hydrogen (secondary N) is 2. The van der Waals surface area contributed by atoms with Crippen LogP contribution in [0.25, 0.3) is 10.3 Å². The van der Waals surface area contributed by atoms with Crippen molar-refractivity contribution in [2.75, 3.05) is 12.4 Å². The molecule has 5 aromatic carbocycles. The molecule has 1 aliphatic rings. The number of hydrogen-bond acceptors (Lipinski definition) is 10. The van der Waals surface area contributed by atoms with Crippen LogP contribution in [0.4, 0.5) is 10.7 Å². The molecule has 1 saturated heterocycles. The predicted molar refractivity (Wildman–Crippen MR) is 266 cm³/mol. The van der Waals surface area contributed by atoms with Gasteiger partial charge in [-0.2, -0.15) is 4.98 Å². The molecule has 0 bridgehead atoms. The van der Waals surface area contributed by atoms with E-state index in [0.717, 1.165) is 38.4 Å². The first-order valence-corrected chi connectivity index (χ1v) is 25.5. The fraction of sp³-hybridized carbons (Fsp3) is 0.321. The first kappa shape index (κ1) is 47.2. The van der Waals surface area contributed by atoms with E-state index in [-0.39, 0.29) is 21.3 Å². The van der Waals surface area contributed by atoms with Gasteiger partial charge in [0.05, 0.1) is 19.3 Å². The molecular weight excluding hydrogens is 881 g/mol. The molecule has 3 heterocycles. The van der Waals surface area contributed by atoms with Gasteiger partial charge < -0.3 is 29.1 Å². The Labute approximate surface area is 395 Å². The Morgan fingerprint density at radius 2 is 1.37 bits per heavy atom. The minimum Gasteiger partial charge on any atom is -0.497 e. The molecule has 1 aliphatic heterocycles. The lowest BCUT2D eigenvalue weighted by Crippen LogP contribution is -2.68. The Hall–Kier alpha value is -6.32. The van der Waals surface area contributed by atoms with Crippen molar-refractivity contribution in [3.8, 4) is 5.75 Å². The molecule has 14 heteroatoms. The number of ether oxygens (including phenoxy) is 3. The number of methoxy groups -OCH3 is 1. The van der Waals surface area contributed by atoms with Gasteiger partial charge in [0.15, 0.2) is 5.65 Å². The Morgan fingerprint density at radius 3 is 1.87 bits per heavy atom. The van der Waals surface area contributed by atoms with Gasteiger partial charge in [-0.25, -0.2) is 4.79 Å². The highest BCUT2D eigenvalue weighted by Crippen LogP contribution is 2.46. The standard InChI is InChI=1S/C53H58N4O8SSi/c1-8-43(65-67(52(4,5)6,40-25-17-11-18-26-40)41-27-19-12-20-28-41)44-33-42(34(2)35(3)63-51(60)61)48(64-44)57-46-45(66-50(57)59)47(58)55-49(54-46)56-53(36-21-13-9-14-22-36,37-23-15-10-16-24-37)38-29-31-39(62-7)32-30-38/h9-32,34-35,42-44,48H,8,33H2,1-7H3,(H,60,61)(H2,54,55,56,58)/t34-,35?,42-,43-,44-,48+/m0/s1. The summed E-state index contributed by atoms with van der Waals surface area (Å²) in [6, 6.07) is 48.3. The van der Waals surface area contributed by atoms with E-state index in [1.807, 2.05) is 128 Å². The summed E-state index contributed by atoms with van der Waals surface area (Å²) in [5, 5.41) is 15.3. The van der Waals surface area contributed by atoms with Gasteiger partial charge in [0, 0.05) is 11.8 Å². The number of H-pyrrole nitrogens is 1. The van der Waals surface area contributed by atoms with Gasteiger partial charge in [-0.1, -0.05) is 179 Å². The molecule has 3 N–H and O–H groups in total. The van der Waals surface area contributed by atoms with Crippen LogP contribution in [-0.4, -0.2) is 59.5 Å². The second-order valence-electron chi connectivity index (χ2n) is 18.3. The van der Waals surface area contributed by atoms with Crippen molar-refractivity contribution in [2.45, 2.75) is 89.5 Å². The molecule has 0 amide bonds. The van der Waals surface area contributed by atoms with E-state index in [1.165, 1.54) is 4.57 Å². The third kappa shape index (κ3) is 8.98. The minimum atomic E-state index is -3.09. The first-order chi connectivity index (χ1) is 32.2. The Morgan fingerprint density at radius 1 is 0.851 bits per heavy atom. The number of carboxylic acid groups (broad SMARTS) is 1. The molecule has 6 atom stereocenters. The van der Waals surface area contributed by atoms with Crippen molar-refractivity contribution in [3.63, 3.8) is 0 Å². The van der Waals surface area contributed by atoms with Crippen LogP contribution < -0.4 is 30.9 Å². The summed E-state index contributed by atoms with van der Waals surface area (Å²) >= 11 is 0.798. The van der Waals surface area contributed by atoms with Gasteiger partial charge in [-0.15, -0.1) is 0 Å². The minimum absolute atomic E-state index is 0.121. The zero-order valence-corrected chi connectivity index (χ0v) is 40.7. The normalized spacial score (nSPS) is 18.0. The van der Waals surface area contributed by atoms with Crippen LogP contribution in [0.2, 0.25) is 5.04 Å². The van der Waals surface area contributed by atoms with Gasteiger partial charge >= 0.3 is 11.0 Å². The summed E-state index contributed by atoms with van der Waals surface area (Å²) in [4.78, 5) is 48.4. The summed E-state index contributed by atoms with van der Waals surface area (Å²) in [5.41, 5.74) is 1.12. The van der Waals surface area contributed by atoms with Crippen LogP contribution in [0.3, 0.4) is 0 Å². The van der Waals surface area contributed by atoms with Crippen LogP contribution in [0.1, 0.15) is 77.3 Å². The highest BCUT2D eigenvalue weighted by atomic mass is 32.1. The van der Waals surface area contributed by atoms with Gasteiger partial charge in [0.2, 0.25) is 5.95 Å². The number of anilines is 1. The number of hydrogen-bond donors (Lipinski definition) is 3. The van der Waals surface area contributed by atoms with E-state index in [2.05, 4.69) is 62.3 Å². The van der Waals surface area contributed by atoms with Crippen molar-refractivity contribution < 1.29 is 28.5 Å². The lowest BCUT2D eigenvalue weighted by Gasteiger charge is -2.46. The summed E-state index contributed by atoms with van der Waals surface area (Å²) in [6.07, 6.45) is -3.11. The van der Waals surface area contributed by atoms with Crippen molar-refractivity contribution in [1.29, 1.82) is 0 Å². The highest BCUT2D eigenvalue weighted by molar-refractivity contribution is 7.16. The summed E-state index contributed by atoms with van der Waals surface area (Å²) in [6.45, 7) is 12.4. The maximum atomic E-state index is 14.5. The SMILES string of the molecule is CC[C@H](O[Si](c1ccccc1)(c1ccccc1)C(C)(C)C)[C@@H]1C[C@@H]([C@@H](C)C(C)OC(=O)O)[C@H](n2c(=O)sc3c(=O)[nH]c(NC(c4ccccc4)(c4ccccc4)c4ccc(OC)cc4)nc32)O1. The van der Waals surface area contributed by atoms with E-state index in [0.29, 0.717) is 18.6 Å². The van der Waals surface area contributed by atoms with Crippen molar-refractivity contribution in [3.05, 3.63) is 182 Å². The van der Waals surface area contributed by atoms with E-state index in [9.17, 15) is 19.5 Å².